The molecule has 0 fully saturated rings. The highest BCUT2D eigenvalue weighted by atomic mass is 35.5. The minimum absolute atomic E-state index is 0.130. The van der Waals surface area contributed by atoms with Crippen LogP contribution < -0.4 is 11.1 Å². The number of nitrogens with one attached hydrogen (secondary N) is 1. The van der Waals surface area contributed by atoms with Crippen LogP contribution in [0, 0.1) is 12.7 Å². The summed E-state index contributed by atoms with van der Waals surface area (Å²) in [4.78, 5) is 10.4. The predicted octanol–water partition coefficient (Wildman–Crippen LogP) is 1.96. The molecule has 0 spiro atoms. The fourth-order valence-corrected chi connectivity index (χ4v) is 1.29. The Hall–Kier alpha value is -1.29. The van der Waals surface area contributed by atoms with E-state index in [1.165, 1.54) is 12.1 Å². The number of halogens is 2. The summed E-state index contributed by atoms with van der Waals surface area (Å²) >= 11 is 5.83. The molecular weight excluding hydrogens is 207 g/mol. The van der Waals surface area contributed by atoms with Gasteiger partial charge in [0.15, 0.2) is 0 Å². The summed E-state index contributed by atoms with van der Waals surface area (Å²) in [6.07, 6.45) is 0. The molecule has 0 unspecified atom stereocenters. The first kappa shape index (κ1) is 10.8. The molecule has 0 aromatic heterocycles. The molecule has 1 aromatic carbocycles. The van der Waals surface area contributed by atoms with Gasteiger partial charge in [0.25, 0.3) is 0 Å². The lowest BCUT2D eigenvalue weighted by Crippen LogP contribution is -2.28. The van der Waals surface area contributed by atoms with Gasteiger partial charge in [-0.25, -0.2) is 9.18 Å². The number of urea groups is 1. The van der Waals surface area contributed by atoms with E-state index in [4.69, 9.17) is 17.3 Å². The standard InChI is InChI=1S/C9H10ClFN2O/c1-5-2-7(10)6(3-8(5)11)4-13-9(12)14/h2-3H,4H2,1H3,(H3,12,13,14). The number of hydrogen-bond donors (Lipinski definition) is 2. The van der Waals surface area contributed by atoms with E-state index in [-0.39, 0.29) is 12.4 Å². The maximum Gasteiger partial charge on any atom is 0.312 e. The lowest BCUT2D eigenvalue weighted by Gasteiger charge is -2.06. The molecule has 76 valence electrons. The van der Waals surface area contributed by atoms with Crippen LogP contribution >= 0.6 is 11.6 Å². The highest BCUT2D eigenvalue weighted by molar-refractivity contribution is 6.31. The largest absolute Gasteiger partial charge is 0.352 e. The lowest BCUT2D eigenvalue weighted by molar-refractivity contribution is 0.248. The number of rotatable bonds is 2. The average Bonchev–Trinajstić information content (AvgIpc) is 2.09. The van der Waals surface area contributed by atoms with E-state index in [1.54, 1.807) is 6.92 Å². The third-order valence-corrected chi connectivity index (χ3v) is 2.13. The Labute approximate surface area is 86.0 Å². The highest BCUT2D eigenvalue weighted by Crippen LogP contribution is 2.20. The van der Waals surface area contributed by atoms with Gasteiger partial charge in [0.2, 0.25) is 0 Å². The van der Waals surface area contributed by atoms with Crippen molar-refractivity contribution in [3.05, 3.63) is 34.1 Å². The van der Waals surface area contributed by atoms with Crippen LogP contribution in [-0.2, 0) is 6.54 Å². The molecule has 0 aliphatic carbocycles. The van der Waals surface area contributed by atoms with Gasteiger partial charge in [-0.3, -0.25) is 0 Å². The Morgan fingerprint density at radius 1 is 1.64 bits per heavy atom. The summed E-state index contributed by atoms with van der Waals surface area (Å²) in [5.74, 6) is -0.351. The van der Waals surface area contributed by atoms with E-state index in [0.717, 1.165) is 0 Å². The zero-order valence-corrected chi connectivity index (χ0v) is 8.36. The van der Waals surface area contributed by atoms with Crippen LogP contribution in [-0.4, -0.2) is 6.03 Å². The highest BCUT2D eigenvalue weighted by Gasteiger charge is 2.05. The molecule has 0 saturated carbocycles. The zero-order valence-electron chi connectivity index (χ0n) is 7.60. The number of aryl methyl sites for hydroxylation is 1. The molecule has 0 saturated heterocycles. The molecule has 0 atom stereocenters. The molecule has 1 aromatic rings. The van der Waals surface area contributed by atoms with E-state index in [9.17, 15) is 9.18 Å². The van der Waals surface area contributed by atoms with Gasteiger partial charge in [-0.2, -0.15) is 0 Å². The number of hydrogen-bond acceptors (Lipinski definition) is 1. The van der Waals surface area contributed by atoms with Crippen molar-refractivity contribution < 1.29 is 9.18 Å². The van der Waals surface area contributed by atoms with Gasteiger partial charge in [0.05, 0.1) is 0 Å². The molecule has 0 aliphatic rings. The van der Waals surface area contributed by atoms with Gasteiger partial charge in [-0.1, -0.05) is 11.6 Å². The summed E-state index contributed by atoms with van der Waals surface area (Å²) in [7, 11) is 0. The zero-order chi connectivity index (χ0) is 10.7. The number of benzene rings is 1. The van der Waals surface area contributed by atoms with Crippen molar-refractivity contribution in [2.75, 3.05) is 0 Å². The molecule has 0 radical (unpaired) electrons. The van der Waals surface area contributed by atoms with Crippen LogP contribution in [0.1, 0.15) is 11.1 Å². The Morgan fingerprint density at radius 2 is 2.29 bits per heavy atom. The first-order valence-corrected chi connectivity index (χ1v) is 4.36. The summed E-state index contributed by atoms with van der Waals surface area (Å²) in [5.41, 5.74) is 5.85. The van der Waals surface area contributed by atoms with Crippen LogP contribution in [0.25, 0.3) is 0 Å². The molecule has 2 amide bonds. The van der Waals surface area contributed by atoms with E-state index in [1.807, 2.05) is 0 Å². The molecule has 0 aliphatic heterocycles. The number of carbonyl (C=O) groups is 1. The van der Waals surface area contributed by atoms with Crippen LogP contribution in [0.4, 0.5) is 9.18 Å². The van der Waals surface area contributed by atoms with Gasteiger partial charge >= 0.3 is 6.03 Å². The minimum atomic E-state index is -0.665. The van der Waals surface area contributed by atoms with Crippen molar-refractivity contribution in [2.45, 2.75) is 13.5 Å². The van der Waals surface area contributed by atoms with Crippen molar-refractivity contribution >= 4 is 17.6 Å². The van der Waals surface area contributed by atoms with Crippen molar-refractivity contribution in [3.63, 3.8) is 0 Å². The van der Waals surface area contributed by atoms with E-state index < -0.39 is 6.03 Å². The third kappa shape index (κ3) is 2.60. The van der Waals surface area contributed by atoms with E-state index in [2.05, 4.69) is 5.32 Å². The molecule has 3 nitrogen and oxygen atoms in total. The summed E-state index contributed by atoms with van der Waals surface area (Å²) in [5, 5.41) is 2.75. The maximum atomic E-state index is 13.1. The van der Waals surface area contributed by atoms with Crippen LogP contribution in [0.2, 0.25) is 5.02 Å². The predicted molar refractivity (Wildman–Crippen MR) is 52.6 cm³/mol. The Kier molecular flexibility index (Phi) is 3.30. The number of carbonyl (C=O) groups excluding carboxylic acids is 1. The van der Waals surface area contributed by atoms with Gasteiger partial charge < -0.3 is 11.1 Å². The smallest absolute Gasteiger partial charge is 0.312 e. The van der Waals surface area contributed by atoms with Crippen molar-refractivity contribution in [2.24, 2.45) is 5.73 Å². The third-order valence-electron chi connectivity index (χ3n) is 1.78. The number of nitrogens with two attached hydrogens (primary N) is 1. The van der Waals surface area contributed by atoms with Crippen LogP contribution in [0.15, 0.2) is 12.1 Å². The Bertz CT molecular complexity index is 368. The minimum Gasteiger partial charge on any atom is -0.352 e. The van der Waals surface area contributed by atoms with Crippen molar-refractivity contribution in [3.8, 4) is 0 Å². The molecule has 5 heteroatoms. The molecule has 3 N–H and O–H groups in total. The number of primary amides is 1. The summed E-state index contributed by atoms with van der Waals surface area (Å²) in [6.45, 7) is 1.75. The van der Waals surface area contributed by atoms with E-state index >= 15 is 0 Å². The Morgan fingerprint density at radius 3 is 2.86 bits per heavy atom. The molecule has 0 bridgehead atoms. The average molecular weight is 217 g/mol. The van der Waals surface area contributed by atoms with Crippen LogP contribution in [0.3, 0.4) is 0 Å². The lowest BCUT2D eigenvalue weighted by atomic mass is 10.1. The first-order chi connectivity index (χ1) is 6.50. The topological polar surface area (TPSA) is 55.1 Å². The quantitative estimate of drug-likeness (QED) is 0.780. The fourth-order valence-electron chi connectivity index (χ4n) is 1.01. The van der Waals surface area contributed by atoms with Crippen molar-refractivity contribution in [1.29, 1.82) is 0 Å². The monoisotopic (exact) mass is 216 g/mol. The number of amides is 2. The molecular formula is C9H10ClFN2O. The molecule has 0 heterocycles. The second kappa shape index (κ2) is 4.28. The maximum absolute atomic E-state index is 13.1. The second-order valence-corrected chi connectivity index (χ2v) is 3.32. The van der Waals surface area contributed by atoms with Gasteiger partial charge in [0.1, 0.15) is 5.82 Å². The normalized spacial score (nSPS) is 9.93. The molecule has 1 rings (SSSR count). The SMILES string of the molecule is Cc1cc(Cl)c(CNC(N)=O)cc1F. The first-order valence-electron chi connectivity index (χ1n) is 3.98. The van der Waals surface area contributed by atoms with Gasteiger partial charge in [-0.15, -0.1) is 0 Å². The molecule has 14 heavy (non-hydrogen) atoms. The second-order valence-electron chi connectivity index (χ2n) is 2.91. The fraction of sp³-hybridized carbons (Fsp3) is 0.222. The van der Waals surface area contributed by atoms with Crippen molar-refractivity contribution in [1.82, 2.24) is 5.32 Å². The van der Waals surface area contributed by atoms with Crippen LogP contribution in [0.5, 0.6) is 0 Å². The van der Waals surface area contributed by atoms with Gasteiger partial charge in [0, 0.05) is 11.6 Å². The summed E-state index contributed by atoms with van der Waals surface area (Å²) < 4.78 is 13.1. The summed E-state index contributed by atoms with van der Waals surface area (Å²) in [6, 6.07) is 2.13. The van der Waals surface area contributed by atoms with Gasteiger partial charge in [-0.05, 0) is 30.2 Å². The Balaban J connectivity index is 2.87. The van der Waals surface area contributed by atoms with E-state index in [0.29, 0.717) is 16.1 Å².